The summed E-state index contributed by atoms with van der Waals surface area (Å²) >= 11 is 6.01. The molecule has 1 aromatic heterocycles. The zero-order chi connectivity index (χ0) is 11.1. The fourth-order valence-corrected chi connectivity index (χ4v) is 2.66. The summed E-state index contributed by atoms with van der Waals surface area (Å²) in [5, 5.41) is 0.894. The van der Waals surface area contributed by atoms with Crippen molar-refractivity contribution >= 4 is 32.3 Å². The average molecular weight is 242 g/mol. The lowest BCUT2D eigenvalue weighted by Crippen LogP contribution is -1.99. The zero-order valence-corrected chi connectivity index (χ0v) is 9.51. The molecule has 0 aliphatic heterocycles. The average Bonchev–Trinajstić information content (AvgIpc) is 2.16. The summed E-state index contributed by atoms with van der Waals surface area (Å²) in [7, 11) is -3.32. The highest BCUT2D eigenvalue weighted by Crippen LogP contribution is 2.28. The number of aromatic nitrogens is 1. The Kier molecular flexibility index (Phi) is 2.40. The van der Waals surface area contributed by atoms with Gasteiger partial charge in [-0.25, -0.2) is 8.42 Å². The number of pyridine rings is 1. The van der Waals surface area contributed by atoms with E-state index in [-0.39, 0.29) is 9.92 Å². The highest BCUT2D eigenvalue weighted by molar-refractivity contribution is 7.90. The summed E-state index contributed by atoms with van der Waals surface area (Å²) in [6.45, 7) is 0. The number of nitrogens with zero attached hydrogens (tertiary/aromatic N) is 1. The Morgan fingerprint density at radius 3 is 2.60 bits per heavy atom. The topological polar surface area (TPSA) is 47.0 Å². The molecule has 5 heteroatoms. The van der Waals surface area contributed by atoms with Crippen LogP contribution < -0.4 is 0 Å². The molecular weight excluding hydrogens is 234 g/mol. The fourth-order valence-electron chi connectivity index (χ4n) is 1.35. The normalized spacial score (nSPS) is 11.9. The van der Waals surface area contributed by atoms with Gasteiger partial charge in [-0.1, -0.05) is 29.8 Å². The quantitative estimate of drug-likeness (QED) is 0.770. The maximum atomic E-state index is 11.4. The molecule has 78 valence electrons. The lowest BCUT2D eigenvalue weighted by molar-refractivity contribution is 0.601. The number of fused-ring (bicyclic) bond motifs is 1. The van der Waals surface area contributed by atoms with Crippen LogP contribution in [0.5, 0.6) is 0 Å². The molecule has 2 rings (SSSR count). The number of para-hydroxylation sites is 1. The van der Waals surface area contributed by atoms with Gasteiger partial charge in [-0.2, -0.15) is 0 Å². The first-order chi connectivity index (χ1) is 7.00. The number of hydrogen-bond acceptors (Lipinski definition) is 3. The van der Waals surface area contributed by atoms with E-state index in [0.717, 1.165) is 6.26 Å². The second kappa shape index (κ2) is 3.47. The number of rotatable bonds is 1. The number of sulfone groups is 1. The minimum absolute atomic E-state index is 0.0721. The van der Waals surface area contributed by atoms with E-state index < -0.39 is 9.84 Å². The molecule has 0 amide bonds. The molecule has 0 spiro atoms. The van der Waals surface area contributed by atoms with Crippen LogP contribution in [0.3, 0.4) is 0 Å². The van der Waals surface area contributed by atoms with Gasteiger partial charge in [0.15, 0.2) is 9.84 Å². The maximum absolute atomic E-state index is 11.4. The van der Waals surface area contributed by atoms with Crippen LogP contribution in [0.2, 0.25) is 5.02 Å². The van der Waals surface area contributed by atoms with Crippen molar-refractivity contribution in [1.82, 2.24) is 4.98 Å². The molecule has 0 bridgehead atoms. The van der Waals surface area contributed by atoms with E-state index in [0.29, 0.717) is 10.9 Å². The fraction of sp³-hybridized carbons (Fsp3) is 0.100. The van der Waals surface area contributed by atoms with Gasteiger partial charge in [0.05, 0.1) is 10.5 Å². The van der Waals surface area contributed by atoms with Crippen LogP contribution in [0, 0.1) is 0 Å². The maximum Gasteiger partial charge on any atom is 0.178 e. The van der Waals surface area contributed by atoms with Gasteiger partial charge in [-0.3, -0.25) is 4.98 Å². The minimum atomic E-state index is -3.32. The van der Waals surface area contributed by atoms with Crippen LogP contribution in [0.25, 0.3) is 10.9 Å². The summed E-state index contributed by atoms with van der Waals surface area (Å²) in [6.07, 6.45) is 2.41. The third-order valence-corrected chi connectivity index (χ3v) is 3.70. The molecule has 0 saturated carbocycles. The Labute approximate surface area is 92.6 Å². The Balaban J connectivity index is 2.88. The van der Waals surface area contributed by atoms with Crippen molar-refractivity contribution in [2.75, 3.05) is 6.26 Å². The van der Waals surface area contributed by atoms with E-state index in [1.54, 1.807) is 18.2 Å². The monoisotopic (exact) mass is 241 g/mol. The Morgan fingerprint density at radius 2 is 1.93 bits per heavy atom. The molecule has 0 saturated heterocycles. The molecule has 0 aliphatic rings. The van der Waals surface area contributed by atoms with Crippen LogP contribution in [-0.2, 0) is 9.84 Å². The molecule has 2 aromatic rings. The van der Waals surface area contributed by atoms with Gasteiger partial charge in [0.2, 0.25) is 0 Å². The van der Waals surface area contributed by atoms with Crippen molar-refractivity contribution in [3.8, 4) is 0 Å². The van der Waals surface area contributed by atoms with Gasteiger partial charge in [0.1, 0.15) is 4.90 Å². The summed E-state index contributed by atoms with van der Waals surface area (Å²) in [5.41, 5.74) is 0.690. The summed E-state index contributed by atoms with van der Waals surface area (Å²) in [6, 6.07) is 7.15. The zero-order valence-electron chi connectivity index (χ0n) is 7.94. The van der Waals surface area contributed by atoms with Crippen molar-refractivity contribution in [3.63, 3.8) is 0 Å². The predicted octanol–water partition coefficient (Wildman–Crippen LogP) is 2.29. The van der Waals surface area contributed by atoms with Gasteiger partial charge < -0.3 is 0 Å². The van der Waals surface area contributed by atoms with Crippen LogP contribution >= 0.6 is 11.6 Å². The van der Waals surface area contributed by atoms with Crippen molar-refractivity contribution in [1.29, 1.82) is 0 Å². The first-order valence-corrected chi connectivity index (χ1v) is 6.50. The van der Waals surface area contributed by atoms with Crippen molar-refractivity contribution in [2.24, 2.45) is 0 Å². The molecule has 0 aliphatic carbocycles. The molecule has 0 radical (unpaired) electrons. The van der Waals surface area contributed by atoms with Gasteiger partial charge in [0.25, 0.3) is 0 Å². The minimum Gasteiger partial charge on any atom is -0.255 e. The Hall–Kier alpha value is -1.13. The molecule has 0 unspecified atom stereocenters. The Morgan fingerprint density at radius 1 is 1.27 bits per heavy atom. The number of hydrogen-bond donors (Lipinski definition) is 0. The molecular formula is C10H8ClNO2S. The van der Waals surface area contributed by atoms with Crippen LogP contribution in [0.15, 0.2) is 35.4 Å². The van der Waals surface area contributed by atoms with Crippen molar-refractivity contribution < 1.29 is 8.42 Å². The van der Waals surface area contributed by atoms with Crippen LogP contribution in [-0.4, -0.2) is 19.7 Å². The molecule has 1 heterocycles. The number of benzene rings is 1. The van der Waals surface area contributed by atoms with E-state index in [9.17, 15) is 8.42 Å². The second-order valence-electron chi connectivity index (χ2n) is 3.23. The van der Waals surface area contributed by atoms with Crippen LogP contribution in [0.1, 0.15) is 0 Å². The first kappa shape index (κ1) is 10.4. The van der Waals surface area contributed by atoms with Gasteiger partial charge >= 0.3 is 0 Å². The van der Waals surface area contributed by atoms with Gasteiger partial charge in [0, 0.05) is 17.8 Å². The SMILES string of the molecule is CS(=O)(=O)c1cnc2ccccc2c1Cl. The molecule has 1 aromatic carbocycles. The highest BCUT2D eigenvalue weighted by Gasteiger charge is 2.14. The lowest BCUT2D eigenvalue weighted by Gasteiger charge is -2.04. The van der Waals surface area contributed by atoms with Crippen molar-refractivity contribution in [3.05, 3.63) is 35.5 Å². The van der Waals surface area contributed by atoms with E-state index in [4.69, 9.17) is 11.6 Å². The third kappa shape index (κ3) is 1.82. The first-order valence-electron chi connectivity index (χ1n) is 4.23. The smallest absolute Gasteiger partial charge is 0.178 e. The predicted molar refractivity (Wildman–Crippen MR) is 59.9 cm³/mol. The molecule has 15 heavy (non-hydrogen) atoms. The van der Waals surface area contributed by atoms with Gasteiger partial charge in [-0.15, -0.1) is 0 Å². The molecule has 0 N–H and O–H groups in total. The highest BCUT2D eigenvalue weighted by atomic mass is 35.5. The van der Waals surface area contributed by atoms with E-state index in [2.05, 4.69) is 4.98 Å². The third-order valence-electron chi connectivity index (χ3n) is 2.08. The lowest BCUT2D eigenvalue weighted by atomic mass is 10.2. The molecule has 0 fully saturated rings. The number of halogens is 1. The summed E-state index contributed by atoms with van der Waals surface area (Å²) in [5.74, 6) is 0. The van der Waals surface area contributed by atoms with Crippen LogP contribution in [0.4, 0.5) is 0 Å². The van der Waals surface area contributed by atoms with E-state index >= 15 is 0 Å². The summed E-state index contributed by atoms with van der Waals surface area (Å²) in [4.78, 5) is 4.12. The van der Waals surface area contributed by atoms with E-state index in [1.165, 1.54) is 6.20 Å². The summed E-state index contributed by atoms with van der Waals surface area (Å²) < 4.78 is 22.7. The van der Waals surface area contributed by atoms with Crippen molar-refractivity contribution in [2.45, 2.75) is 4.90 Å². The second-order valence-corrected chi connectivity index (χ2v) is 5.59. The molecule has 3 nitrogen and oxygen atoms in total. The molecule has 0 atom stereocenters. The van der Waals surface area contributed by atoms with E-state index in [1.807, 2.05) is 6.07 Å². The van der Waals surface area contributed by atoms with Gasteiger partial charge in [-0.05, 0) is 6.07 Å². The largest absolute Gasteiger partial charge is 0.255 e. The standard InChI is InChI=1S/C10H8ClNO2S/c1-15(13,14)9-6-12-8-5-3-2-4-7(8)10(9)11/h2-6H,1H3. The Bertz CT molecular complexity index is 622.